The van der Waals surface area contributed by atoms with Crippen molar-refractivity contribution in [3.8, 4) is 0 Å². The molecule has 0 aromatic heterocycles. The molecular weight excluding hydrogens is 330 g/mol. The molecule has 0 spiro atoms. The van der Waals surface area contributed by atoms with Crippen LogP contribution in [-0.2, 0) is 9.53 Å². The van der Waals surface area contributed by atoms with E-state index in [0.717, 1.165) is 6.42 Å². The molecule has 1 N–H and O–H groups in total. The minimum Gasteiger partial charge on any atom is -0.383 e. The highest BCUT2D eigenvalue weighted by molar-refractivity contribution is 5.94. The Kier molecular flexibility index (Phi) is 9.37. The van der Waals surface area contributed by atoms with Crippen LogP contribution in [-0.4, -0.2) is 74.6 Å². The second-order valence-corrected chi connectivity index (χ2v) is 5.56. The fourth-order valence-corrected chi connectivity index (χ4v) is 2.61. The highest BCUT2D eigenvalue weighted by atomic mass is 35.5. The Morgan fingerprint density at radius 3 is 2.46 bits per heavy atom. The third-order valence-electron chi connectivity index (χ3n) is 3.92. The number of benzene rings is 1. The Morgan fingerprint density at radius 1 is 1.08 bits per heavy atom. The van der Waals surface area contributed by atoms with Gasteiger partial charge in [0, 0.05) is 45.4 Å². The predicted molar refractivity (Wildman–Crippen MR) is 95.5 cm³/mol. The van der Waals surface area contributed by atoms with Gasteiger partial charge in [0.05, 0.1) is 13.2 Å². The summed E-state index contributed by atoms with van der Waals surface area (Å²) in [5.41, 5.74) is 0.702. The standard InChI is InChI=1S/C17H25N3O3.ClH/c1-23-13-8-18-14-16(21)19-9-5-10-20(12-11-19)17(22)15-6-3-2-4-7-15;/h2-4,6-7,18H,5,8-14H2,1H3;1H. The largest absolute Gasteiger partial charge is 0.383 e. The second-order valence-electron chi connectivity index (χ2n) is 5.56. The van der Waals surface area contributed by atoms with Crippen molar-refractivity contribution in [3.05, 3.63) is 35.9 Å². The molecule has 134 valence electrons. The summed E-state index contributed by atoms with van der Waals surface area (Å²) < 4.78 is 4.94. The summed E-state index contributed by atoms with van der Waals surface area (Å²) >= 11 is 0. The van der Waals surface area contributed by atoms with Crippen LogP contribution in [0.25, 0.3) is 0 Å². The van der Waals surface area contributed by atoms with Gasteiger partial charge in [0.15, 0.2) is 0 Å². The summed E-state index contributed by atoms with van der Waals surface area (Å²) in [4.78, 5) is 28.3. The van der Waals surface area contributed by atoms with Gasteiger partial charge >= 0.3 is 0 Å². The van der Waals surface area contributed by atoms with E-state index in [2.05, 4.69) is 5.32 Å². The molecule has 0 bridgehead atoms. The number of nitrogens with one attached hydrogen (secondary N) is 1. The van der Waals surface area contributed by atoms with E-state index in [1.165, 1.54) is 0 Å². The first kappa shape index (κ1) is 20.4. The average Bonchev–Trinajstić information content (AvgIpc) is 2.85. The van der Waals surface area contributed by atoms with E-state index in [4.69, 9.17) is 4.74 Å². The van der Waals surface area contributed by atoms with Gasteiger partial charge in [0.2, 0.25) is 5.91 Å². The van der Waals surface area contributed by atoms with Crippen LogP contribution in [0.5, 0.6) is 0 Å². The van der Waals surface area contributed by atoms with Crippen molar-refractivity contribution in [1.82, 2.24) is 15.1 Å². The number of rotatable bonds is 6. The number of hydrogen-bond donors (Lipinski definition) is 1. The van der Waals surface area contributed by atoms with E-state index in [-0.39, 0.29) is 24.2 Å². The van der Waals surface area contributed by atoms with Crippen LogP contribution in [0.2, 0.25) is 0 Å². The summed E-state index contributed by atoms with van der Waals surface area (Å²) in [6.07, 6.45) is 0.808. The van der Waals surface area contributed by atoms with Gasteiger partial charge in [-0.15, -0.1) is 12.4 Å². The Labute approximate surface area is 149 Å². The van der Waals surface area contributed by atoms with Gasteiger partial charge in [0.1, 0.15) is 0 Å². The van der Waals surface area contributed by atoms with Gasteiger partial charge in [-0.2, -0.15) is 0 Å². The third kappa shape index (κ3) is 6.11. The molecular formula is C17H26ClN3O3. The lowest BCUT2D eigenvalue weighted by Crippen LogP contribution is -2.41. The van der Waals surface area contributed by atoms with E-state index >= 15 is 0 Å². The first-order chi connectivity index (χ1) is 11.2. The van der Waals surface area contributed by atoms with Crippen molar-refractivity contribution in [1.29, 1.82) is 0 Å². The number of carbonyl (C=O) groups excluding carboxylic acids is 2. The Bertz CT molecular complexity index is 513. The Balaban J connectivity index is 0.00000288. The molecule has 1 aliphatic heterocycles. The molecule has 0 saturated carbocycles. The van der Waals surface area contributed by atoms with Crippen LogP contribution in [0.4, 0.5) is 0 Å². The number of halogens is 1. The van der Waals surface area contributed by atoms with Gasteiger partial charge in [-0.1, -0.05) is 18.2 Å². The zero-order valence-corrected chi connectivity index (χ0v) is 14.9. The van der Waals surface area contributed by atoms with E-state index in [9.17, 15) is 9.59 Å². The number of amides is 2. The lowest BCUT2D eigenvalue weighted by atomic mass is 10.2. The van der Waals surface area contributed by atoms with Crippen LogP contribution in [0.15, 0.2) is 30.3 Å². The zero-order valence-electron chi connectivity index (χ0n) is 14.1. The van der Waals surface area contributed by atoms with Crippen molar-refractivity contribution in [3.63, 3.8) is 0 Å². The third-order valence-corrected chi connectivity index (χ3v) is 3.92. The number of carbonyl (C=O) groups is 2. The molecule has 1 saturated heterocycles. The topological polar surface area (TPSA) is 61.9 Å². The molecule has 7 heteroatoms. The quantitative estimate of drug-likeness (QED) is 0.774. The monoisotopic (exact) mass is 355 g/mol. The van der Waals surface area contributed by atoms with Crippen molar-refractivity contribution >= 4 is 24.2 Å². The number of hydrogen-bond acceptors (Lipinski definition) is 4. The summed E-state index contributed by atoms with van der Waals surface area (Å²) in [6.45, 7) is 4.12. The minimum atomic E-state index is 0. The molecule has 6 nitrogen and oxygen atoms in total. The maximum absolute atomic E-state index is 12.5. The van der Waals surface area contributed by atoms with Crippen LogP contribution in [0.3, 0.4) is 0 Å². The fourth-order valence-electron chi connectivity index (χ4n) is 2.61. The van der Waals surface area contributed by atoms with Gasteiger partial charge in [0.25, 0.3) is 5.91 Å². The lowest BCUT2D eigenvalue weighted by Gasteiger charge is -2.22. The Morgan fingerprint density at radius 2 is 1.75 bits per heavy atom. The highest BCUT2D eigenvalue weighted by Gasteiger charge is 2.22. The summed E-state index contributed by atoms with van der Waals surface area (Å²) in [7, 11) is 1.64. The van der Waals surface area contributed by atoms with Gasteiger partial charge < -0.3 is 19.9 Å². The van der Waals surface area contributed by atoms with Gasteiger partial charge in [-0.3, -0.25) is 9.59 Å². The van der Waals surface area contributed by atoms with Crippen LogP contribution >= 0.6 is 12.4 Å². The summed E-state index contributed by atoms with van der Waals surface area (Å²) in [5, 5.41) is 3.07. The first-order valence-electron chi connectivity index (χ1n) is 8.04. The maximum Gasteiger partial charge on any atom is 0.253 e. The van der Waals surface area contributed by atoms with Crippen LogP contribution in [0.1, 0.15) is 16.8 Å². The molecule has 0 unspecified atom stereocenters. The molecule has 24 heavy (non-hydrogen) atoms. The van der Waals surface area contributed by atoms with Crippen molar-refractivity contribution in [2.75, 3.05) is 53.0 Å². The highest BCUT2D eigenvalue weighted by Crippen LogP contribution is 2.09. The summed E-state index contributed by atoms with van der Waals surface area (Å²) in [6, 6.07) is 9.29. The molecule has 2 rings (SSSR count). The molecule has 0 aliphatic carbocycles. The van der Waals surface area contributed by atoms with Crippen LogP contribution in [0, 0.1) is 0 Å². The summed E-state index contributed by atoms with van der Waals surface area (Å²) in [5.74, 6) is 0.119. The fraction of sp³-hybridized carbons (Fsp3) is 0.529. The molecule has 1 heterocycles. The number of nitrogens with zero attached hydrogens (tertiary/aromatic N) is 2. The van der Waals surface area contributed by atoms with Gasteiger partial charge in [-0.25, -0.2) is 0 Å². The van der Waals surface area contributed by atoms with E-state index in [1.807, 2.05) is 40.1 Å². The normalized spacial score (nSPS) is 14.7. The van der Waals surface area contributed by atoms with Crippen LogP contribution < -0.4 is 5.32 Å². The zero-order chi connectivity index (χ0) is 16.5. The molecule has 1 aromatic carbocycles. The first-order valence-corrected chi connectivity index (χ1v) is 8.04. The predicted octanol–water partition coefficient (Wildman–Crippen LogP) is 1.02. The molecule has 2 amide bonds. The lowest BCUT2D eigenvalue weighted by molar-refractivity contribution is -0.130. The van der Waals surface area contributed by atoms with Crippen molar-refractivity contribution in [2.24, 2.45) is 0 Å². The average molecular weight is 356 g/mol. The smallest absolute Gasteiger partial charge is 0.253 e. The van der Waals surface area contributed by atoms with E-state index < -0.39 is 0 Å². The van der Waals surface area contributed by atoms with Crippen molar-refractivity contribution < 1.29 is 14.3 Å². The van der Waals surface area contributed by atoms with Gasteiger partial charge in [-0.05, 0) is 18.6 Å². The SMILES string of the molecule is COCCNCC(=O)N1CCCN(C(=O)c2ccccc2)CC1.Cl. The van der Waals surface area contributed by atoms with E-state index in [1.54, 1.807) is 7.11 Å². The van der Waals surface area contributed by atoms with E-state index in [0.29, 0.717) is 51.4 Å². The Hall–Kier alpha value is -1.63. The molecule has 1 aromatic rings. The van der Waals surface area contributed by atoms with Crippen molar-refractivity contribution in [2.45, 2.75) is 6.42 Å². The molecule has 0 radical (unpaired) electrons. The second kappa shape index (κ2) is 11.0. The number of ether oxygens (including phenoxy) is 1. The molecule has 1 aliphatic rings. The number of methoxy groups -OCH3 is 1. The minimum absolute atomic E-state index is 0. The maximum atomic E-state index is 12.5. The molecule has 0 atom stereocenters. The molecule has 1 fully saturated rings.